The van der Waals surface area contributed by atoms with Gasteiger partial charge in [0.25, 0.3) is 0 Å². The lowest BCUT2D eigenvalue weighted by Crippen LogP contribution is -2.39. The molecule has 0 fully saturated rings. The van der Waals surface area contributed by atoms with Crippen LogP contribution in [0.4, 0.5) is 0 Å². The van der Waals surface area contributed by atoms with E-state index in [1.54, 1.807) is 7.05 Å². The maximum Gasteiger partial charge on any atom is 0.169 e. The largest absolute Gasteiger partial charge is 0.395 e. The number of nitrogens with zero attached hydrogens (tertiary/aromatic N) is 1. The Morgan fingerprint density at radius 2 is 2.07 bits per heavy atom. The first-order valence-corrected chi connectivity index (χ1v) is 5.30. The van der Waals surface area contributed by atoms with Gasteiger partial charge in [-0.05, 0) is 17.8 Å². The lowest BCUT2D eigenvalue weighted by Gasteiger charge is -2.23. The number of aliphatic hydroxyl groups is 1. The van der Waals surface area contributed by atoms with E-state index in [1.165, 1.54) is 5.56 Å². The van der Waals surface area contributed by atoms with Gasteiger partial charge in [-0.3, -0.25) is 0 Å². The molecule has 82 valence electrons. The Morgan fingerprint density at radius 3 is 2.60 bits per heavy atom. The summed E-state index contributed by atoms with van der Waals surface area (Å²) in [5, 5.41) is 12.5. The fourth-order valence-electron chi connectivity index (χ4n) is 1.34. The second-order valence-electron chi connectivity index (χ2n) is 3.19. The van der Waals surface area contributed by atoms with Crippen LogP contribution in [0.25, 0.3) is 0 Å². The van der Waals surface area contributed by atoms with E-state index in [1.807, 2.05) is 35.2 Å². The van der Waals surface area contributed by atoms with Gasteiger partial charge in [0.15, 0.2) is 5.11 Å². The first-order chi connectivity index (χ1) is 7.27. The van der Waals surface area contributed by atoms with Crippen LogP contribution < -0.4 is 5.32 Å². The molecule has 0 spiro atoms. The van der Waals surface area contributed by atoms with Crippen molar-refractivity contribution in [3.8, 4) is 0 Å². The van der Waals surface area contributed by atoms with Crippen molar-refractivity contribution in [2.75, 3.05) is 20.2 Å². The van der Waals surface area contributed by atoms with Crippen LogP contribution in [0, 0.1) is 0 Å². The minimum absolute atomic E-state index is 0.106. The SMILES string of the molecule is CNC(=S)N(CCO)Cc1ccccc1. The molecule has 0 heterocycles. The zero-order chi connectivity index (χ0) is 11.1. The van der Waals surface area contributed by atoms with Crippen molar-refractivity contribution in [2.24, 2.45) is 0 Å². The summed E-state index contributed by atoms with van der Waals surface area (Å²) < 4.78 is 0. The number of benzene rings is 1. The molecule has 0 amide bonds. The van der Waals surface area contributed by atoms with Crippen LogP contribution in [-0.2, 0) is 6.54 Å². The molecule has 0 aliphatic carbocycles. The van der Waals surface area contributed by atoms with Crippen molar-refractivity contribution in [1.82, 2.24) is 10.2 Å². The highest BCUT2D eigenvalue weighted by Crippen LogP contribution is 2.04. The Labute approximate surface area is 95.7 Å². The number of nitrogens with one attached hydrogen (secondary N) is 1. The number of hydrogen-bond donors (Lipinski definition) is 2. The number of hydrogen-bond acceptors (Lipinski definition) is 2. The van der Waals surface area contributed by atoms with Gasteiger partial charge in [0, 0.05) is 20.1 Å². The van der Waals surface area contributed by atoms with Crippen LogP contribution >= 0.6 is 12.2 Å². The summed E-state index contributed by atoms with van der Waals surface area (Å²) in [7, 11) is 1.79. The van der Waals surface area contributed by atoms with Gasteiger partial charge in [0.05, 0.1) is 6.61 Å². The molecule has 0 saturated heterocycles. The van der Waals surface area contributed by atoms with Crippen molar-refractivity contribution in [1.29, 1.82) is 0 Å². The van der Waals surface area contributed by atoms with Gasteiger partial charge in [0.1, 0.15) is 0 Å². The van der Waals surface area contributed by atoms with E-state index in [9.17, 15) is 0 Å². The first-order valence-electron chi connectivity index (χ1n) is 4.89. The van der Waals surface area contributed by atoms with Crippen LogP contribution in [0.15, 0.2) is 30.3 Å². The minimum Gasteiger partial charge on any atom is -0.395 e. The fraction of sp³-hybridized carbons (Fsp3) is 0.364. The number of thiocarbonyl (C=S) groups is 1. The lowest BCUT2D eigenvalue weighted by atomic mass is 10.2. The van der Waals surface area contributed by atoms with Crippen molar-refractivity contribution in [2.45, 2.75) is 6.54 Å². The van der Waals surface area contributed by atoms with E-state index < -0.39 is 0 Å². The summed E-state index contributed by atoms with van der Waals surface area (Å²) in [6, 6.07) is 10.1. The molecule has 15 heavy (non-hydrogen) atoms. The number of rotatable bonds is 4. The van der Waals surface area contributed by atoms with Crippen LogP contribution in [-0.4, -0.2) is 35.3 Å². The molecule has 4 heteroatoms. The van der Waals surface area contributed by atoms with Crippen LogP contribution in [0.2, 0.25) is 0 Å². The Balaban J connectivity index is 2.62. The van der Waals surface area contributed by atoms with Gasteiger partial charge >= 0.3 is 0 Å². The molecule has 0 radical (unpaired) electrons. The Bertz CT molecular complexity index is 303. The molecule has 0 aliphatic rings. The van der Waals surface area contributed by atoms with Crippen molar-refractivity contribution < 1.29 is 5.11 Å². The van der Waals surface area contributed by atoms with Gasteiger partial charge in [-0.15, -0.1) is 0 Å². The summed E-state index contributed by atoms with van der Waals surface area (Å²) in [6.07, 6.45) is 0. The Hall–Kier alpha value is -1.13. The summed E-state index contributed by atoms with van der Waals surface area (Å²) in [4.78, 5) is 1.94. The van der Waals surface area contributed by atoms with E-state index in [0.717, 1.165) is 6.54 Å². The smallest absolute Gasteiger partial charge is 0.169 e. The van der Waals surface area contributed by atoms with E-state index in [-0.39, 0.29) is 6.61 Å². The second-order valence-corrected chi connectivity index (χ2v) is 3.57. The highest BCUT2D eigenvalue weighted by molar-refractivity contribution is 7.80. The molecule has 2 N–H and O–H groups in total. The van der Waals surface area contributed by atoms with Crippen LogP contribution in [0.1, 0.15) is 5.56 Å². The van der Waals surface area contributed by atoms with Crippen molar-refractivity contribution >= 4 is 17.3 Å². The zero-order valence-corrected chi connectivity index (χ0v) is 9.63. The summed E-state index contributed by atoms with van der Waals surface area (Å²) in [5.74, 6) is 0. The second kappa shape index (κ2) is 6.37. The van der Waals surface area contributed by atoms with Gasteiger partial charge in [-0.2, -0.15) is 0 Å². The predicted octanol–water partition coefficient (Wildman–Crippen LogP) is 0.985. The van der Waals surface area contributed by atoms with Gasteiger partial charge in [-0.25, -0.2) is 0 Å². The van der Waals surface area contributed by atoms with Gasteiger partial charge in [0.2, 0.25) is 0 Å². The molecule has 0 aliphatic heterocycles. The molecule has 0 atom stereocenters. The van der Waals surface area contributed by atoms with E-state index in [2.05, 4.69) is 5.32 Å². The van der Waals surface area contributed by atoms with Crippen molar-refractivity contribution in [3.63, 3.8) is 0 Å². The Morgan fingerprint density at radius 1 is 1.40 bits per heavy atom. The minimum atomic E-state index is 0.106. The molecular formula is C11H16N2OS. The molecule has 0 unspecified atom stereocenters. The third-order valence-corrected chi connectivity index (χ3v) is 2.55. The molecule has 1 rings (SSSR count). The highest BCUT2D eigenvalue weighted by Gasteiger charge is 2.07. The van der Waals surface area contributed by atoms with E-state index in [4.69, 9.17) is 17.3 Å². The molecule has 0 saturated carbocycles. The first kappa shape index (κ1) is 11.9. The zero-order valence-electron chi connectivity index (χ0n) is 8.81. The highest BCUT2D eigenvalue weighted by atomic mass is 32.1. The average molecular weight is 224 g/mol. The summed E-state index contributed by atoms with van der Waals surface area (Å²) in [6.45, 7) is 1.38. The average Bonchev–Trinajstić information content (AvgIpc) is 2.29. The summed E-state index contributed by atoms with van der Waals surface area (Å²) >= 11 is 5.14. The van der Waals surface area contributed by atoms with Crippen LogP contribution in [0.3, 0.4) is 0 Å². The van der Waals surface area contributed by atoms with Gasteiger partial charge < -0.3 is 15.3 Å². The molecule has 1 aromatic carbocycles. The topological polar surface area (TPSA) is 35.5 Å². The quantitative estimate of drug-likeness (QED) is 0.748. The molecular weight excluding hydrogens is 208 g/mol. The maximum atomic E-state index is 8.93. The van der Waals surface area contributed by atoms with Crippen LogP contribution in [0.5, 0.6) is 0 Å². The number of aliphatic hydroxyl groups excluding tert-OH is 1. The summed E-state index contributed by atoms with van der Waals surface area (Å²) in [5.41, 5.74) is 1.18. The lowest BCUT2D eigenvalue weighted by molar-refractivity contribution is 0.246. The molecule has 0 aromatic heterocycles. The van der Waals surface area contributed by atoms with Crippen molar-refractivity contribution in [3.05, 3.63) is 35.9 Å². The molecule has 1 aromatic rings. The molecule has 3 nitrogen and oxygen atoms in total. The monoisotopic (exact) mass is 224 g/mol. The van der Waals surface area contributed by atoms with E-state index >= 15 is 0 Å². The van der Waals surface area contributed by atoms with E-state index in [0.29, 0.717) is 11.7 Å². The predicted molar refractivity (Wildman–Crippen MR) is 65.6 cm³/mol. The maximum absolute atomic E-state index is 8.93. The normalized spacial score (nSPS) is 9.73. The fourth-order valence-corrected chi connectivity index (χ4v) is 1.49. The standard InChI is InChI=1S/C11H16N2OS/c1-12-11(15)13(7-8-14)9-10-5-3-2-4-6-10/h2-6,14H,7-9H2,1H3,(H,12,15). The third-order valence-electron chi connectivity index (χ3n) is 2.09. The van der Waals surface area contributed by atoms with Gasteiger partial charge in [-0.1, -0.05) is 30.3 Å². The Kier molecular flexibility index (Phi) is 5.07. The molecule has 0 bridgehead atoms. The third kappa shape index (κ3) is 3.85.